The number of sulfonamides is 1. The van der Waals surface area contributed by atoms with Crippen LogP contribution < -0.4 is 9.62 Å². The van der Waals surface area contributed by atoms with E-state index in [-0.39, 0.29) is 18.7 Å². The van der Waals surface area contributed by atoms with E-state index in [9.17, 15) is 17.6 Å². The van der Waals surface area contributed by atoms with Crippen LogP contribution in [0.2, 0.25) is 0 Å². The highest BCUT2D eigenvalue weighted by Gasteiger charge is 2.31. The summed E-state index contributed by atoms with van der Waals surface area (Å²) in [4.78, 5) is 15.3. The maximum absolute atomic E-state index is 13.3. The number of ether oxygens (including phenoxy) is 1. The molecule has 2 aromatic rings. The molecule has 1 N–H and O–H groups in total. The van der Waals surface area contributed by atoms with Crippen LogP contribution in [-0.4, -0.2) is 57.8 Å². The SMILES string of the molecule is CC[C@H](C(=O)NCc1cccc(CN2CCOCC2)c1)N(c1ccc(F)cc1)S(C)(=O)=O. The van der Waals surface area contributed by atoms with Gasteiger partial charge in [-0.2, -0.15) is 0 Å². The molecule has 1 atom stereocenters. The fourth-order valence-electron chi connectivity index (χ4n) is 3.81. The number of nitrogens with zero attached hydrogens (tertiary/aromatic N) is 2. The lowest BCUT2D eigenvalue weighted by molar-refractivity contribution is -0.122. The molecule has 1 aliphatic heterocycles. The van der Waals surface area contributed by atoms with Crippen molar-refractivity contribution in [3.05, 3.63) is 65.5 Å². The minimum Gasteiger partial charge on any atom is -0.379 e. The van der Waals surface area contributed by atoms with Crippen molar-refractivity contribution in [1.29, 1.82) is 0 Å². The summed E-state index contributed by atoms with van der Waals surface area (Å²) in [5, 5.41) is 2.86. The Hall–Kier alpha value is -2.49. The van der Waals surface area contributed by atoms with Crippen LogP contribution in [0.5, 0.6) is 0 Å². The summed E-state index contributed by atoms with van der Waals surface area (Å²) < 4.78 is 44.7. The molecule has 0 radical (unpaired) electrons. The average Bonchev–Trinajstić information content (AvgIpc) is 2.77. The van der Waals surface area contributed by atoms with Crippen molar-refractivity contribution in [1.82, 2.24) is 10.2 Å². The fourth-order valence-corrected chi connectivity index (χ4v) is 5.02. The summed E-state index contributed by atoms with van der Waals surface area (Å²) >= 11 is 0. The van der Waals surface area contributed by atoms with Crippen molar-refractivity contribution in [2.45, 2.75) is 32.5 Å². The van der Waals surface area contributed by atoms with Crippen LogP contribution in [0.25, 0.3) is 0 Å². The van der Waals surface area contributed by atoms with E-state index in [0.29, 0.717) is 0 Å². The van der Waals surface area contributed by atoms with Gasteiger partial charge in [-0.1, -0.05) is 31.2 Å². The maximum Gasteiger partial charge on any atom is 0.244 e. The van der Waals surface area contributed by atoms with Crippen LogP contribution >= 0.6 is 0 Å². The Labute approximate surface area is 189 Å². The van der Waals surface area contributed by atoms with E-state index in [1.165, 1.54) is 24.3 Å². The van der Waals surface area contributed by atoms with Gasteiger partial charge in [0.2, 0.25) is 15.9 Å². The van der Waals surface area contributed by atoms with Crippen LogP contribution in [0, 0.1) is 5.82 Å². The predicted octanol–water partition coefficient (Wildman–Crippen LogP) is 2.52. The number of hydrogen-bond acceptors (Lipinski definition) is 5. The van der Waals surface area contributed by atoms with Gasteiger partial charge >= 0.3 is 0 Å². The molecule has 32 heavy (non-hydrogen) atoms. The molecule has 1 amide bonds. The summed E-state index contributed by atoms with van der Waals surface area (Å²) in [6, 6.07) is 12.1. The number of benzene rings is 2. The monoisotopic (exact) mass is 463 g/mol. The van der Waals surface area contributed by atoms with Crippen molar-refractivity contribution < 1.29 is 22.3 Å². The second-order valence-corrected chi connectivity index (χ2v) is 9.74. The van der Waals surface area contributed by atoms with E-state index in [1.54, 1.807) is 6.92 Å². The zero-order valence-corrected chi connectivity index (χ0v) is 19.3. The molecule has 1 saturated heterocycles. The molecule has 0 bridgehead atoms. The number of morpholine rings is 1. The molecule has 0 spiro atoms. The summed E-state index contributed by atoms with van der Waals surface area (Å²) in [7, 11) is -3.76. The zero-order chi connectivity index (χ0) is 23.1. The van der Waals surface area contributed by atoms with Gasteiger partial charge in [0.05, 0.1) is 25.2 Å². The number of carbonyl (C=O) groups excluding carboxylic acids is 1. The van der Waals surface area contributed by atoms with Gasteiger partial charge in [0, 0.05) is 26.2 Å². The molecule has 2 aromatic carbocycles. The molecule has 0 saturated carbocycles. The third kappa shape index (κ3) is 6.51. The van der Waals surface area contributed by atoms with Gasteiger partial charge < -0.3 is 10.1 Å². The van der Waals surface area contributed by atoms with Crippen molar-refractivity contribution in [3.8, 4) is 0 Å². The predicted molar refractivity (Wildman–Crippen MR) is 122 cm³/mol. The highest BCUT2D eigenvalue weighted by atomic mass is 32.2. The van der Waals surface area contributed by atoms with Crippen molar-refractivity contribution in [2.24, 2.45) is 0 Å². The summed E-state index contributed by atoms with van der Waals surface area (Å²) in [5.41, 5.74) is 2.34. The lowest BCUT2D eigenvalue weighted by atomic mass is 10.1. The lowest BCUT2D eigenvalue weighted by Crippen LogP contribution is -2.49. The lowest BCUT2D eigenvalue weighted by Gasteiger charge is -2.30. The van der Waals surface area contributed by atoms with E-state index in [0.717, 1.165) is 54.5 Å². The molecule has 0 aromatic heterocycles. The molecule has 9 heteroatoms. The number of nitrogens with one attached hydrogen (secondary N) is 1. The second kappa shape index (κ2) is 10.9. The first-order valence-corrected chi connectivity index (χ1v) is 12.5. The molecule has 0 aliphatic carbocycles. The highest BCUT2D eigenvalue weighted by Crippen LogP contribution is 2.23. The summed E-state index contributed by atoms with van der Waals surface area (Å²) in [5.74, 6) is -0.877. The van der Waals surface area contributed by atoms with Gasteiger partial charge in [0.15, 0.2) is 0 Å². The molecule has 1 fully saturated rings. The Morgan fingerprint density at radius 1 is 1.16 bits per heavy atom. The molecular formula is C23H30FN3O4S. The Morgan fingerprint density at radius 2 is 1.81 bits per heavy atom. The van der Waals surface area contributed by atoms with Crippen LogP contribution in [0.15, 0.2) is 48.5 Å². The molecule has 174 valence electrons. The summed E-state index contributed by atoms with van der Waals surface area (Å²) in [6.07, 6.45) is 1.31. The van der Waals surface area contributed by atoms with Gasteiger partial charge in [-0.3, -0.25) is 14.0 Å². The number of anilines is 1. The number of hydrogen-bond donors (Lipinski definition) is 1. The first kappa shape index (κ1) is 24.2. The Balaban J connectivity index is 1.69. The standard InChI is InChI=1S/C23H30FN3O4S/c1-3-22(27(32(2,29)30)21-9-7-20(24)8-10-21)23(28)25-16-18-5-4-6-19(15-18)17-26-11-13-31-14-12-26/h4-10,15,22H,3,11-14,16-17H2,1-2H3,(H,25,28)/t22-/m1/s1. The number of carbonyl (C=O) groups is 1. The first-order valence-electron chi connectivity index (χ1n) is 10.7. The van der Waals surface area contributed by atoms with Gasteiger partial charge in [0.25, 0.3) is 0 Å². The van der Waals surface area contributed by atoms with E-state index >= 15 is 0 Å². The van der Waals surface area contributed by atoms with Crippen molar-refractivity contribution in [3.63, 3.8) is 0 Å². The number of rotatable bonds is 9. The number of halogens is 1. The summed E-state index contributed by atoms with van der Waals surface area (Å²) in [6.45, 7) is 6.10. The minimum absolute atomic E-state index is 0.253. The molecule has 1 heterocycles. The largest absolute Gasteiger partial charge is 0.379 e. The third-order valence-electron chi connectivity index (χ3n) is 5.38. The highest BCUT2D eigenvalue weighted by molar-refractivity contribution is 7.92. The Kier molecular flexibility index (Phi) is 8.22. The van der Waals surface area contributed by atoms with Crippen molar-refractivity contribution >= 4 is 21.6 Å². The van der Waals surface area contributed by atoms with Crippen LogP contribution in [0.1, 0.15) is 24.5 Å². The first-order chi connectivity index (χ1) is 15.3. The molecule has 7 nitrogen and oxygen atoms in total. The third-order valence-corrected chi connectivity index (χ3v) is 6.56. The topological polar surface area (TPSA) is 79.0 Å². The molecule has 3 rings (SSSR count). The van der Waals surface area contributed by atoms with Crippen LogP contribution in [0.3, 0.4) is 0 Å². The Morgan fingerprint density at radius 3 is 2.44 bits per heavy atom. The van der Waals surface area contributed by atoms with E-state index < -0.39 is 27.8 Å². The maximum atomic E-state index is 13.3. The van der Waals surface area contributed by atoms with Gasteiger partial charge in [-0.05, 0) is 41.8 Å². The zero-order valence-electron chi connectivity index (χ0n) is 18.5. The van der Waals surface area contributed by atoms with Crippen molar-refractivity contribution in [2.75, 3.05) is 36.9 Å². The molecule has 1 aliphatic rings. The van der Waals surface area contributed by atoms with Gasteiger partial charge in [-0.25, -0.2) is 12.8 Å². The van der Waals surface area contributed by atoms with E-state index in [1.807, 2.05) is 18.2 Å². The Bertz CT molecular complexity index is 1010. The quantitative estimate of drug-likeness (QED) is 0.618. The number of amides is 1. The van der Waals surface area contributed by atoms with Gasteiger partial charge in [0.1, 0.15) is 11.9 Å². The molecular weight excluding hydrogens is 433 g/mol. The second-order valence-electron chi connectivity index (χ2n) is 7.89. The smallest absolute Gasteiger partial charge is 0.244 e. The van der Waals surface area contributed by atoms with E-state index in [2.05, 4.69) is 16.3 Å². The normalized spacial score (nSPS) is 15.8. The minimum atomic E-state index is -3.76. The van der Waals surface area contributed by atoms with E-state index in [4.69, 9.17) is 4.74 Å². The average molecular weight is 464 g/mol. The fraction of sp³-hybridized carbons (Fsp3) is 0.435. The molecule has 0 unspecified atom stereocenters. The van der Waals surface area contributed by atoms with Gasteiger partial charge in [-0.15, -0.1) is 0 Å². The van der Waals surface area contributed by atoms with Crippen LogP contribution in [-0.2, 0) is 32.6 Å². The van der Waals surface area contributed by atoms with Crippen LogP contribution in [0.4, 0.5) is 10.1 Å².